The van der Waals surface area contributed by atoms with Crippen molar-refractivity contribution in [3.05, 3.63) is 93.0 Å². The van der Waals surface area contributed by atoms with Crippen molar-refractivity contribution in [2.45, 2.75) is 55.4 Å². The third kappa shape index (κ3) is 7.18. The summed E-state index contributed by atoms with van der Waals surface area (Å²) in [6.45, 7) is 16.2. The van der Waals surface area contributed by atoms with Crippen LogP contribution in [0.5, 0.6) is 23.0 Å². The molecule has 0 bridgehead atoms. The normalized spacial score (nSPS) is 12.6. The number of phenolic OH excluding ortho intramolecular Hbond substituents is 2. The van der Waals surface area contributed by atoms with Crippen LogP contribution in [-0.2, 0) is 0 Å². The maximum atomic E-state index is 10.1. The van der Waals surface area contributed by atoms with Crippen molar-refractivity contribution in [3.63, 3.8) is 0 Å². The minimum atomic E-state index is -1.48. The molecular formula is C32H34ClO4PSe2. The standard InChI is InChI=1S/C16H16ClO2PSe.C16H18O2Se/c1-9-5-11(3)15-13(7-9)21-14-8-10(2)6-12(4)16(14)19-20(17)18-15;1-9-5-11(3)15(17)13(7-9)19-14-8-10(2)6-12(4)16(14)18/h5-8H,1-4H3;5-8,17-18H,1-4H3. The summed E-state index contributed by atoms with van der Waals surface area (Å²) in [7, 11) is -1.48. The first-order chi connectivity index (χ1) is 18.8. The number of aryl methyl sites for hydroxylation is 8. The fraction of sp³-hybridized carbons (Fsp3) is 0.250. The van der Waals surface area contributed by atoms with Crippen LogP contribution in [0, 0.1) is 55.4 Å². The summed E-state index contributed by atoms with van der Waals surface area (Å²) in [4.78, 5) is 0. The fourth-order valence-corrected chi connectivity index (χ4v) is 11.5. The predicted octanol–water partition coefficient (Wildman–Crippen LogP) is 5.80. The molecule has 5 rings (SSSR count). The number of rotatable bonds is 2. The Hall–Kier alpha value is -2.16. The molecule has 0 aromatic heterocycles. The average molecular weight is 707 g/mol. The molecule has 4 nitrogen and oxygen atoms in total. The molecule has 0 saturated heterocycles. The van der Waals surface area contributed by atoms with Crippen molar-refractivity contribution in [1.82, 2.24) is 0 Å². The van der Waals surface area contributed by atoms with Crippen molar-refractivity contribution in [2.24, 2.45) is 0 Å². The van der Waals surface area contributed by atoms with Gasteiger partial charge in [-0.15, -0.1) is 0 Å². The van der Waals surface area contributed by atoms with Gasteiger partial charge in [0.2, 0.25) is 0 Å². The zero-order valence-corrected chi connectivity index (χ0v) is 29.0. The molecule has 0 saturated carbocycles. The van der Waals surface area contributed by atoms with Crippen LogP contribution < -0.4 is 26.9 Å². The number of hydrogen-bond acceptors (Lipinski definition) is 4. The van der Waals surface area contributed by atoms with Gasteiger partial charge >= 0.3 is 257 Å². The topological polar surface area (TPSA) is 58.9 Å². The van der Waals surface area contributed by atoms with Crippen LogP contribution >= 0.6 is 19.0 Å². The van der Waals surface area contributed by atoms with Crippen molar-refractivity contribution < 1.29 is 19.3 Å². The second-order valence-electron chi connectivity index (χ2n) is 10.3. The summed E-state index contributed by atoms with van der Waals surface area (Å²) in [5.41, 5.74) is 8.80. The first kappa shape index (κ1) is 30.8. The molecule has 4 aromatic carbocycles. The first-order valence-electron chi connectivity index (χ1n) is 12.8. The summed E-state index contributed by atoms with van der Waals surface area (Å²) in [5.74, 6) is 2.49. The molecule has 1 heterocycles. The number of fused-ring (bicyclic) bond motifs is 2. The predicted molar refractivity (Wildman–Crippen MR) is 171 cm³/mol. The minimum absolute atomic E-state index is 0.0955. The Morgan fingerprint density at radius 2 is 0.925 bits per heavy atom. The van der Waals surface area contributed by atoms with Gasteiger partial charge in [0, 0.05) is 0 Å². The summed E-state index contributed by atoms with van der Waals surface area (Å²) in [6, 6.07) is 16.6. The molecule has 0 amide bonds. The molecule has 4 aromatic rings. The van der Waals surface area contributed by atoms with Gasteiger partial charge in [0.05, 0.1) is 0 Å². The van der Waals surface area contributed by atoms with Gasteiger partial charge in [0.25, 0.3) is 0 Å². The monoisotopic (exact) mass is 708 g/mol. The molecule has 1 aliphatic heterocycles. The van der Waals surface area contributed by atoms with Crippen molar-refractivity contribution >= 4 is 66.7 Å². The summed E-state index contributed by atoms with van der Waals surface area (Å²) in [5, 5.41) is 20.3. The molecule has 8 heteroatoms. The Bertz CT molecular complexity index is 1470. The number of hydrogen-bond donors (Lipinski definition) is 2. The molecule has 1 aliphatic rings. The van der Waals surface area contributed by atoms with Crippen LogP contribution in [0.4, 0.5) is 0 Å². The second-order valence-corrected chi connectivity index (χ2v) is 16.4. The van der Waals surface area contributed by atoms with Crippen LogP contribution in [0.25, 0.3) is 0 Å². The van der Waals surface area contributed by atoms with Crippen LogP contribution in [-0.4, -0.2) is 40.1 Å². The Kier molecular flexibility index (Phi) is 9.84. The van der Waals surface area contributed by atoms with E-state index in [4.69, 9.17) is 20.3 Å². The van der Waals surface area contributed by atoms with Gasteiger partial charge in [-0.2, -0.15) is 0 Å². The van der Waals surface area contributed by atoms with Gasteiger partial charge in [-0.1, -0.05) is 0 Å². The van der Waals surface area contributed by atoms with Gasteiger partial charge in [-0.05, 0) is 0 Å². The molecule has 0 atom stereocenters. The Labute approximate surface area is 256 Å². The zero-order valence-electron chi connectivity index (χ0n) is 24.0. The Balaban J connectivity index is 0.000000186. The van der Waals surface area contributed by atoms with Crippen LogP contribution in [0.3, 0.4) is 0 Å². The van der Waals surface area contributed by atoms with E-state index in [2.05, 4.69) is 52.0 Å². The molecule has 0 fully saturated rings. The van der Waals surface area contributed by atoms with Crippen molar-refractivity contribution in [3.8, 4) is 23.0 Å². The average Bonchev–Trinajstić information content (AvgIpc) is 2.84. The summed E-state index contributed by atoms with van der Waals surface area (Å²) < 4.78 is 16.1. The zero-order chi connectivity index (χ0) is 29.3. The molecule has 40 heavy (non-hydrogen) atoms. The van der Waals surface area contributed by atoms with Crippen LogP contribution in [0.15, 0.2) is 48.5 Å². The van der Waals surface area contributed by atoms with E-state index >= 15 is 0 Å². The van der Waals surface area contributed by atoms with E-state index in [1.165, 1.54) is 20.1 Å². The van der Waals surface area contributed by atoms with Gasteiger partial charge in [0.15, 0.2) is 0 Å². The molecule has 210 valence electrons. The molecule has 0 radical (unpaired) electrons. The van der Waals surface area contributed by atoms with E-state index < -0.39 is 7.73 Å². The van der Waals surface area contributed by atoms with E-state index in [-0.39, 0.29) is 29.9 Å². The quantitative estimate of drug-likeness (QED) is 0.205. The molecule has 0 spiro atoms. The van der Waals surface area contributed by atoms with Gasteiger partial charge in [-0.3, -0.25) is 0 Å². The Morgan fingerprint density at radius 3 is 1.32 bits per heavy atom. The van der Waals surface area contributed by atoms with E-state index in [1.807, 2.05) is 52.0 Å². The van der Waals surface area contributed by atoms with E-state index in [0.717, 1.165) is 53.8 Å². The fourth-order valence-electron chi connectivity index (χ4n) is 4.61. The maximum absolute atomic E-state index is 10.1. The van der Waals surface area contributed by atoms with E-state index in [0.29, 0.717) is 11.5 Å². The third-order valence-electron chi connectivity index (χ3n) is 6.36. The van der Waals surface area contributed by atoms with Crippen LogP contribution in [0.1, 0.15) is 44.5 Å². The molecular weight excluding hydrogens is 673 g/mol. The molecule has 2 N–H and O–H groups in total. The van der Waals surface area contributed by atoms with Gasteiger partial charge in [0.1, 0.15) is 0 Å². The number of phenols is 2. The number of halogens is 1. The Morgan fingerprint density at radius 1 is 0.575 bits per heavy atom. The van der Waals surface area contributed by atoms with Crippen molar-refractivity contribution in [2.75, 3.05) is 0 Å². The van der Waals surface area contributed by atoms with Gasteiger partial charge < -0.3 is 0 Å². The summed E-state index contributed by atoms with van der Waals surface area (Å²) >= 11 is 6.35. The third-order valence-corrected chi connectivity index (χ3v) is 11.8. The molecule has 0 unspecified atom stereocenters. The van der Waals surface area contributed by atoms with E-state index in [1.54, 1.807) is 0 Å². The second kappa shape index (κ2) is 12.8. The number of benzene rings is 4. The first-order valence-corrected chi connectivity index (χ1v) is 18.3. The summed E-state index contributed by atoms with van der Waals surface area (Å²) in [6.07, 6.45) is 0. The SMILES string of the molecule is Cc1cc(C)c(O)c([Se]c2cc(C)cc(C)c2O)c1.Cc1cc(C)c2c(c1)[Se]c1cc(C)cc(C)c1OP(Cl)O2. The van der Waals surface area contributed by atoms with Crippen LogP contribution in [0.2, 0.25) is 0 Å². The van der Waals surface area contributed by atoms with Crippen molar-refractivity contribution in [1.29, 1.82) is 0 Å². The van der Waals surface area contributed by atoms with E-state index in [9.17, 15) is 10.2 Å². The number of aromatic hydroxyl groups is 2. The van der Waals surface area contributed by atoms with Gasteiger partial charge in [-0.25, -0.2) is 0 Å². The molecule has 0 aliphatic carbocycles.